The monoisotopic (exact) mass is 1720 g/mol. The molecule has 4 aliphatic rings. The molecule has 13 atom stereocenters. The zero-order valence-corrected chi connectivity index (χ0v) is 82.5. The Labute approximate surface area is 694 Å². The molecular weight excluding hydrogens is 1580 g/mol. The van der Waals surface area contributed by atoms with Crippen molar-refractivity contribution in [3.63, 3.8) is 0 Å². The predicted octanol–water partition coefficient (Wildman–Crippen LogP) is 11.7. The van der Waals surface area contributed by atoms with Crippen LogP contribution in [0, 0.1) is 17.8 Å². The zero-order chi connectivity index (χ0) is 88.6. The molecule has 25 nitrogen and oxygen atoms in total. The van der Waals surface area contributed by atoms with Gasteiger partial charge in [-0.15, -0.1) is 0 Å². The van der Waals surface area contributed by atoms with E-state index in [2.05, 4.69) is 203 Å². The number of nitrogens with zero attached hydrogens (tertiary/aromatic N) is 3. The summed E-state index contributed by atoms with van der Waals surface area (Å²) in [4.78, 5) is 126. The molecule has 0 spiro atoms. The number of carbonyl (C=O) groups excluding carboxylic acids is 8. The molecule has 0 bridgehead atoms. The van der Waals surface area contributed by atoms with Gasteiger partial charge in [-0.3, -0.25) is 38.4 Å². The van der Waals surface area contributed by atoms with Crippen molar-refractivity contribution in [2.45, 2.75) is 354 Å². The first-order valence-electron chi connectivity index (χ1n) is 41.3. The van der Waals surface area contributed by atoms with E-state index in [0.717, 1.165) is 0 Å². The number of hydrogen-bond acceptors (Lipinski definition) is 17. The van der Waals surface area contributed by atoms with Crippen molar-refractivity contribution in [1.29, 1.82) is 0 Å². The number of nitrogens with one attached hydrogen (secondary N) is 6. The quantitative estimate of drug-likeness (QED) is 0.0245. The third-order valence-corrected chi connectivity index (χ3v) is 54.8. The number of halogens is 3. The number of amides is 8. The SMILES string of the molecule is CB(O)N[C@@H](CNC(=O)[C@@H](C)CNC(=O)C(F)(F)F)C(=O)N[C@H](C(=O)N1C[C@H](O[Si](C)(C)C(C)(C)C)C[C@H]1C(=O)N[C@H](C(=O)N[C@H](C(=O)N1C[C@H](C)[C@H](O[Si](C)(C)C(C)(C)C)[C@H]1C(=O)N(B1CO1)B1CO1)C(C)O[Si](C)(C)C(C)(C)C)[C@@H](Cc1ccc(O[Si](C)(C)C(C)(C)C)cc1)O[Si](C)(C)C(C)(C)C)C(C)C[Si](C)(C)C(C)(C)C. The van der Waals surface area contributed by atoms with Gasteiger partial charge >= 0.3 is 33.2 Å². The maximum Gasteiger partial charge on any atom is 0.471 e. The summed E-state index contributed by atoms with van der Waals surface area (Å²) in [6, 6.07) is -0.623. The van der Waals surface area contributed by atoms with Gasteiger partial charge in [-0.1, -0.05) is 177 Å². The molecule has 0 aliphatic carbocycles. The molecule has 1 aromatic carbocycles. The lowest BCUT2D eigenvalue weighted by molar-refractivity contribution is -0.173. The summed E-state index contributed by atoms with van der Waals surface area (Å²) in [6.07, 6.45) is -9.11. The highest BCUT2D eigenvalue weighted by atomic mass is 28.4. The first-order valence-corrected chi connectivity index (χ1v) is 59.1. The van der Waals surface area contributed by atoms with E-state index in [0.29, 0.717) is 17.4 Å². The van der Waals surface area contributed by atoms with Crippen LogP contribution < -0.4 is 36.2 Å². The van der Waals surface area contributed by atoms with E-state index >= 15 is 28.8 Å². The minimum atomic E-state index is -5.20. The third kappa shape index (κ3) is 26.4. The Balaban J connectivity index is 1.82. The van der Waals surface area contributed by atoms with Gasteiger partial charge in [-0.05, 0) is 139 Å². The average molecular weight is 1730 g/mol. The highest BCUT2D eigenvalue weighted by Gasteiger charge is 2.61. The van der Waals surface area contributed by atoms with Crippen LogP contribution in [-0.4, -0.2) is 244 Å². The van der Waals surface area contributed by atoms with E-state index < -0.39 is 226 Å². The van der Waals surface area contributed by atoms with Gasteiger partial charge in [0.25, 0.3) is 0 Å². The first kappa shape index (κ1) is 101. The molecule has 4 saturated heterocycles. The summed E-state index contributed by atoms with van der Waals surface area (Å²) in [7, 11) is -18.7. The van der Waals surface area contributed by atoms with Crippen LogP contribution in [0.4, 0.5) is 13.2 Å². The predicted molar refractivity (Wildman–Crippen MR) is 466 cm³/mol. The minimum Gasteiger partial charge on any atom is -0.544 e. The molecule has 0 aromatic heterocycles. The number of rotatable bonds is 35. The Hall–Kier alpha value is -4.25. The topological polar surface area (TPSA) is 310 Å². The Morgan fingerprint density at radius 2 is 1.06 bits per heavy atom. The summed E-state index contributed by atoms with van der Waals surface area (Å²) in [5.41, 5.74) is 0.714. The van der Waals surface area contributed by atoms with E-state index in [9.17, 15) is 27.8 Å². The van der Waals surface area contributed by atoms with Crippen LogP contribution in [0.2, 0.25) is 122 Å². The second kappa shape index (κ2) is 37.2. The van der Waals surface area contributed by atoms with Crippen molar-refractivity contribution in [3.05, 3.63) is 29.8 Å². The van der Waals surface area contributed by atoms with Crippen LogP contribution in [-0.2, 0) is 71.8 Å². The summed E-state index contributed by atoms with van der Waals surface area (Å²) in [6.45, 7) is 70.4. The van der Waals surface area contributed by atoms with Crippen molar-refractivity contribution in [3.8, 4) is 5.75 Å². The summed E-state index contributed by atoms with van der Waals surface area (Å²) in [5.74, 6) is -8.85. The number of benzene rings is 1. The van der Waals surface area contributed by atoms with Crippen LogP contribution in [0.3, 0.4) is 0 Å². The molecule has 5 rings (SSSR count). The maximum atomic E-state index is 17.0. The summed E-state index contributed by atoms with van der Waals surface area (Å²) < 4.78 is 88.7. The molecule has 115 heavy (non-hydrogen) atoms. The number of carbonyl (C=O) groups is 8. The molecule has 0 radical (unpaired) electrons. The highest BCUT2D eigenvalue weighted by Crippen LogP contribution is 2.46. The molecule has 0 saturated carbocycles. The van der Waals surface area contributed by atoms with Crippen molar-refractivity contribution >= 4 is 118 Å². The molecule has 1 aromatic rings. The molecule has 4 aliphatic heterocycles. The number of hydrogen-bond donors (Lipinski definition) is 7. The van der Waals surface area contributed by atoms with Crippen LogP contribution in [0.1, 0.15) is 164 Å². The minimum absolute atomic E-state index is 0.0218. The van der Waals surface area contributed by atoms with E-state index in [1.165, 1.54) is 23.5 Å². The van der Waals surface area contributed by atoms with Crippen LogP contribution in [0.5, 0.6) is 5.75 Å². The Bertz CT molecular complexity index is 3550. The molecule has 4 fully saturated rings. The van der Waals surface area contributed by atoms with Gasteiger partial charge in [0.2, 0.25) is 49.7 Å². The zero-order valence-electron chi connectivity index (χ0n) is 76.5. The average Bonchev–Trinajstić information content (AvgIpc) is 1.60. The summed E-state index contributed by atoms with van der Waals surface area (Å²) >= 11 is 0. The van der Waals surface area contributed by atoms with Gasteiger partial charge in [0.05, 0.1) is 57.5 Å². The number of alkyl halides is 3. The largest absolute Gasteiger partial charge is 0.544 e. The van der Waals surface area contributed by atoms with Crippen LogP contribution in [0.15, 0.2) is 24.3 Å². The van der Waals surface area contributed by atoms with Crippen molar-refractivity contribution in [2.75, 3.05) is 39.2 Å². The molecule has 2 unspecified atom stereocenters. The highest BCUT2D eigenvalue weighted by molar-refractivity contribution is 6.80. The van der Waals surface area contributed by atoms with E-state index in [1.807, 2.05) is 64.3 Å². The van der Waals surface area contributed by atoms with Gasteiger partial charge in [-0.2, -0.15) is 13.2 Å². The standard InChI is InChI=1S/C78H147B3F3N9O16Si6/c1-49(42-86-71(101)78(82,83)84)64(94)85-43-56(90-79(23)102)65(95)87-59(51(3)46-110(24,25)72(5,6)7)68(98)91-45-55(107-113(30,31)75(14,15)16)41-57(91)66(96)89-61(58(108-114(32,33)76(17,18)19)40-53-36-38-54(39-37-53)106-112(28,29)74(11,12)13)67(97)88-60(52(4)105-111(26,27)73(8,9)10)69(99)92-44-50(2)63(109-115(34,35)77(20,21)22)62(92)70(100)93(80-47-103-80)81-48-104-81/h36-39,49-52,55-63,90,102H,40-48H2,1-35H3,(H,85,94)(H,86,101)(H,87,95)(H,88,97)(H,89,96)/t49-,50-,51?,52?,55+,56-,57-,58+,59-,60-,61-,62-,63-/m0/s1. The molecule has 37 heteroatoms. The fraction of sp³-hybridized carbons (Fsp3) is 0.821. The Kier molecular flexibility index (Phi) is 32.8. The lowest BCUT2D eigenvalue weighted by Crippen LogP contribution is -2.66. The summed E-state index contributed by atoms with van der Waals surface area (Å²) in [5, 5.41) is 25.3. The second-order valence-electron chi connectivity index (χ2n) is 42.6. The first-order chi connectivity index (χ1) is 51.7. The third-order valence-electron chi connectivity index (χ3n) is 26.7. The molecule has 654 valence electrons. The maximum absolute atomic E-state index is 17.0. The van der Waals surface area contributed by atoms with Crippen molar-refractivity contribution < 1.29 is 88.0 Å². The fourth-order valence-corrected chi connectivity index (χ4v) is 21.9. The Morgan fingerprint density at radius 1 is 0.591 bits per heavy atom. The van der Waals surface area contributed by atoms with Crippen LogP contribution >= 0.6 is 0 Å². The van der Waals surface area contributed by atoms with Gasteiger partial charge in [0.1, 0.15) is 36.0 Å². The van der Waals surface area contributed by atoms with Gasteiger partial charge in [0.15, 0.2) is 33.3 Å². The lowest BCUT2D eigenvalue weighted by Gasteiger charge is -2.43. The van der Waals surface area contributed by atoms with E-state index in [1.54, 1.807) is 17.0 Å². The second-order valence-corrected chi connectivity index (χ2v) is 72.0. The lowest BCUT2D eigenvalue weighted by atomic mass is 9.75. The van der Waals surface area contributed by atoms with Gasteiger partial charge in [-0.25, -0.2) is 0 Å². The van der Waals surface area contributed by atoms with Crippen molar-refractivity contribution in [2.24, 2.45) is 17.8 Å². The van der Waals surface area contributed by atoms with Gasteiger partial charge < -0.3 is 82.8 Å². The van der Waals surface area contributed by atoms with Crippen molar-refractivity contribution in [1.82, 2.24) is 46.3 Å². The van der Waals surface area contributed by atoms with E-state index in [-0.39, 0.29) is 59.1 Å². The van der Waals surface area contributed by atoms with Crippen LogP contribution in [0.25, 0.3) is 0 Å². The number of likely N-dealkylation sites (tertiary alicyclic amines) is 2. The van der Waals surface area contributed by atoms with Gasteiger partial charge in [0, 0.05) is 38.5 Å². The molecule has 8 amide bonds. The molecule has 7 N–H and O–H groups in total. The Morgan fingerprint density at radius 3 is 1.52 bits per heavy atom. The smallest absolute Gasteiger partial charge is 0.471 e. The van der Waals surface area contributed by atoms with E-state index in [4.69, 9.17) is 31.4 Å². The fourth-order valence-electron chi connectivity index (χ4n) is 12.9. The molecular formula is C78H147B3F3N9O16Si6. The molecule has 4 heterocycles. The normalized spacial score (nSPS) is 21.3.